The summed E-state index contributed by atoms with van der Waals surface area (Å²) in [5, 5.41) is 5.85. The number of carbonyl (C=O) groups excluding carboxylic acids is 1. The molecule has 0 bridgehead atoms. The van der Waals surface area contributed by atoms with Crippen molar-refractivity contribution in [3.05, 3.63) is 69.8 Å². The average Bonchev–Trinajstić information content (AvgIpc) is 2.84. The highest BCUT2D eigenvalue weighted by Crippen LogP contribution is 2.21. The van der Waals surface area contributed by atoms with E-state index in [4.69, 9.17) is 23.2 Å². The molecule has 23 heavy (non-hydrogen) atoms. The van der Waals surface area contributed by atoms with Crippen molar-refractivity contribution in [1.82, 2.24) is 9.99 Å². The van der Waals surface area contributed by atoms with Crippen LogP contribution in [0.4, 0.5) is 0 Å². The Balaban J connectivity index is 1.79. The van der Waals surface area contributed by atoms with E-state index in [1.54, 1.807) is 18.3 Å². The van der Waals surface area contributed by atoms with Gasteiger partial charge in [-0.3, -0.25) is 4.79 Å². The maximum Gasteiger partial charge on any atom is 0.272 e. The van der Waals surface area contributed by atoms with Gasteiger partial charge in [-0.1, -0.05) is 41.4 Å². The first-order chi connectivity index (χ1) is 11.1. The standard InChI is InChI=1S/C17H13Cl2N3O/c1-22-10-11(13-4-2-3-5-16(13)22)9-20-21-17(23)14-7-6-12(18)8-15(14)19/h2-10H,1H3,(H,21,23)/b20-9-. The number of aryl methyl sites for hydroxylation is 1. The first-order valence-corrected chi connectivity index (χ1v) is 7.64. The van der Waals surface area contributed by atoms with Gasteiger partial charge < -0.3 is 4.57 Å². The van der Waals surface area contributed by atoms with Gasteiger partial charge in [0.15, 0.2) is 0 Å². The van der Waals surface area contributed by atoms with Crippen LogP contribution < -0.4 is 5.43 Å². The van der Waals surface area contributed by atoms with Gasteiger partial charge in [0.25, 0.3) is 5.91 Å². The van der Waals surface area contributed by atoms with Gasteiger partial charge in [0.1, 0.15) is 0 Å². The summed E-state index contributed by atoms with van der Waals surface area (Å²) in [7, 11) is 1.96. The van der Waals surface area contributed by atoms with Gasteiger partial charge in [0.2, 0.25) is 0 Å². The molecule has 0 aliphatic rings. The number of hydrazone groups is 1. The fourth-order valence-electron chi connectivity index (χ4n) is 2.37. The minimum atomic E-state index is -0.386. The van der Waals surface area contributed by atoms with Crippen LogP contribution in [-0.2, 0) is 7.05 Å². The summed E-state index contributed by atoms with van der Waals surface area (Å²) >= 11 is 11.8. The highest BCUT2D eigenvalue weighted by Gasteiger charge is 2.10. The predicted molar refractivity (Wildman–Crippen MR) is 94.4 cm³/mol. The topological polar surface area (TPSA) is 46.4 Å². The number of hydrogen-bond donors (Lipinski definition) is 1. The van der Waals surface area contributed by atoms with Crippen molar-refractivity contribution in [1.29, 1.82) is 0 Å². The maximum absolute atomic E-state index is 12.1. The Bertz CT molecular complexity index is 915. The van der Waals surface area contributed by atoms with E-state index in [1.807, 2.05) is 42.1 Å². The maximum atomic E-state index is 12.1. The number of para-hydroxylation sites is 1. The van der Waals surface area contributed by atoms with E-state index in [9.17, 15) is 4.79 Å². The smallest absolute Gasteiger partial charge is 0.272 e. The van der Waals surface area contributed by atoms with Gasteiger partial charge in [0, 0.05) is 34.7 Å². The van der Waals surface area contributed by atoms with Crippen LogP contribution in [0.15, 0.2) is 53.8 Å². The number of carbonyl (C=O) groups is 1. The monoisotopic (exact) mass is 345 g/mol. The molecular formula is C17H13Cl2N3O. The lowest BCUT2D eigenvalue weighted by Crippen LogP contribution is -2.17. The third-order valence-corrected chi connectivity index (χ3v) is 4.02. The zero-order valence-electron chi connectivity index (χ0n) is 12.3. The summed E-state index contributed by atoms with van der Waals surface area (Å²) in [4.78, 5) is 12.1. The molecule has 6 heteroatoms. The van der Waals surface area contributed by atoms with Crippen molar-refractivity contribution in [3.8, 4) is 0 Å². The van der Waals surface area contributed by atoms with Crippen molar-refractivity contribution in [2.24, 2.45) is 12.1 Å². The molecule has 0 spiro atoms. The molecule has 0 fully saturated rings. The molecule has 1 aromatic heterocycles. The first kappa shape index (κ1) is 15.6. The lowest BCUT2D eigenvalue weighted by atomic mass is 10.2. The molecular weight excluding hydrogens is 333 g/mol. The molecule has 0 aliphatic carbocycles. The van der Waals surface area contributed by atoms with Gasteiger partial charge in [-0.2, -0.15) is 5.10 Å². The fourth-order valence-corrected chi connectivity index (χ4v) is 2.86. The summed E-state index contributed by atoms with van der Waals surface area (Å²) in [5.74, 6) is -0.386. The Labute approximate surface area is 143 Å². The van der Waals surface area contributed by atoms with Crippen molar-refractivity contribution >= 4 is 46.2 Å². The van der Waals surface area contributed by atoms with E-state index in [0.717, 1.165) is 16.5 Å². The van der Waals surface area contributed by atoms with E-state index in [-0.39, 0.29) is 10.9 Å². The molecule has 0 saturated carbocycles. The zero-order valence-corrected chi connectivity index (χ0v) is 13.8. The molecule has 2 aromatic carbocycles. The number of fused-ring (bicyclic) bond motifs is 1. The Morgan fingerprint density at radius 2 is 2.00 bits per heavy atom. The molecule has 3 rings (SSSR count). The summed E-state index contributed by atoms with van der Waals surface area (Å²) in [6, 6.07) is 12.7. The van der Waals surface area contributed by atoms with Crippen molar-refractivity contribution in [3.63, 3.8) is 0 Å². The molecule has 0 saturated heterocycles. The van der Waals surface area contributed by atoms with Gasteiger partial charge in [0.05, 0.1) is 16.8 Å². The van der Waals surface area contributed by atoms with Gasteiger partial charge in [-0.25, -0.2) is 5.43 Å². The van der Waals surface area contributed by atoms with E-state index in [1.165, 1.54) is 6.07 Å². The normalized spacial score (nSPS) is 11.3. The molecule has 0 aliphatic heterocycles. The third-order valence-electron chi connectivity index (χ3n) is 3.47. The fraction of sp³-hybridized carbons (Fsp3) is 0.0588. The molecule has 1 heterocycles. The molecule has 116 valence electrons. The number of rotatable bonds is 3. The molecule has 4 nitrogen and oxygen atoms in total. The number of amides is 1. The number of nitrogens with one attached hydrogen (secondary N) is 1. The average molecular weight is 346 g/mol. The molecule has 0 radical (unpaired) electrons. The molecule has 3 aromatic rings. The second-order valence-corrected chi connectivity index (χ2v) is 5.88. The number of benzene rings is 2. The summed E-state index contributed by atoms with van der Waals surface area (Å²) < 4.78 is 2.01. The number of aromatic nitrogens is 1. The van der Waals surface area contributed by atoms with E-state index >= 15 is 0 Å². The predicted octanol–water partition coefficient (Wildman–Crippen LogP) is 4.25. The second-order valence-electron chi connectivity index (χ2n) is 5.04. The number of hydrogen-bond acceptors (Lipinski definition) is 2. The third kappa shape index (κ3) is 3.23. The van der Waals surface area contributed by atoms with Gasteiger partial charge >= 0.3 is 0 Å². The Hall–Kier alpha value is -2.30. The van der Waals surface area contributed by atoms with Gasteiger partial charge in [-0.15, -0.1) is 0 Å². The van der Waals surface area contributed by atoms with Crippen LogP contribution in [0.1, 0.15) is 15.9 Å². The first-order valence-electron chi connectivity index (χ1n) is 6.89. The summed E-state index contributed by atoms with van der Waals surface area (Å²) in [6.07, 6.45) is 3.57. The lowest BCUT2D eigenvalue weighted by Gasteiger charge is -2.02. The van der Waals surface area contributed by atoms with Crippen LogP contribution in [0.3, 0.4) is 0 Å². The highest BCUT2D eigenvalue weighted by molar-refractivity contribution is 6.36. The molecule has 1 N–H and O–H groups in total. The Morgan fingerprint density at radius 1 is 1.22 bits per heavy atom. The second kappa shape index (κ2) is 6.44. The largest absolute Gasteiger partial charge is 0.350 e. The molecule has 0 unspecified atom stereocenters. The minimum absolute atomic E-state index is 0.287. The lowest BCUT2D eigenvalue weighted by molar-refractivity contribution is 0.0955. The Kier molecular flexibility index (Phi) is 4.37. The Morgan fingerprint density at radius 3 is 2.78 bits per heavy atom. The SMILES string of the molecule is Cn1cc(/C=N\NC(=O)c2ccc(Cl)cc2Cl)c2ccccc21. The number of halogens is 2. The van der Waals surface area contributed by atoms with E-state index in [0.29, 0.717) is 10.6 Å². The van der Waals surface area contributed by atoms with E-state index in [2.05, 4.69) is 10.5 Å². The summed E-state index contributed by atoms with van der Waals surface area (Å²) in [5.41, 5.74) is 4.82. The highest BCUT2D eigenvalue weighted by atomic mass is 35.5. The number of nitrogens with zero attached hydrogens (tertiary/aromatic N) is 2. The van der Waals surface area contributed by atoms with Crippen molar-refractivity contribution in [2.45, 2.75) is 0 Å². The van der Waals surface area contributed by atoms with Crippen LogP contribution in [0.2, 0.25) is 10.0 Å². The zero-order chi connectivity index (χ0) is 16.4. The van der Waals surface area contributed by atoms with Crippen LogP contribution >= 0.6 is 23.2 Å². The van der Waals surface area contributed by atoms with Crippen LogP contribution in [0, 0.1) is 0 Å². The minimum Gasteiger partial charge on any atom is -0.350 e. The summed E-state index contributed by atoms with van der Waals surface area (Å²) in [6.45, 7) is 0. The van der Waals surface area contributed by atoms with Gasteiger partial charge in [-0.05, 0) is 24.3 Å². The van der Waals surface area contributed by atoms with Crippen LogP contribution in [0.25, 0.3) is 10.9 Å². The quantitative estimate of drug-likeness (QED) is 0.559. The van der Waals surface area contributed by atoms with E-state index < -0.39 is 0 Å². The van der Waals surface area contributed by atoms with Crippen molar-refractivity contribution < 1.29 is 4.79 Å². The van der Waals surface area contributed by atoms with Crippen molar-refractivity contribution in [2.75, 3.05) is 0 Å². The molecule has 0 atom stereocenters. The molecule has 1 amide bonds. The van der Waals surface area contributed by atoms with Crippen LogP contribution in [0.5, 0.6) is 0 Å². The van der Waals surface area contributed by atoms with Crippen LogP contribution in [-0.4, -0.2) is 16.7 Å².